The first-order valence-electron chi connectivity index (χ1n) is 9.07. The van der Waals surface area contributed by atoms with E-state index in [0.29, 0.717) is 15.6 Å². The van der Waals surface area contributed by atoms with Crippen LogP contribution in [0.4, 0.5) is 5.69 Å². The molecule has 1 heterocycles. The summed E-state index contributed by atoms with van der Waals surface area (Å²) < 4.78 is 7.33. The zero-order valence-electron chi connectivity index (χ0n) is 16.9. The monoisotopic (exact) mass is 445 g/mol. The minimum Gasteiger partial charge on any atom is -0.403 e. The Morgan fingerprint density at radius 1 is 1.17 bits per heavy atom. The molecule has 0 saturated heterocycles. The molecule has 0 aliphatic rings. The number of benzene rings is 2. The number of carbonyl (C=O) groups is 1. The highest BCUT2D eigenvalue weighted by Gasteiger charge is 2.29. The fraction of sp³-hybridized carbons (Fsp3) is 0.238. The maximum absolute atomic E-state index is 12.9. The maximum atomic E-state index is 12.9. The number of rotatable bonds is 5. The summed E-state index contributed by atoms with van der Waals surface area (Å²) in [7, 11) is 0. The summed E-state index contributed by atoms with van der Waals surface area (Å²) in [5.74, 6) is -0.575. The van der Waals surface area contributed by atoms with Gasteiger partial charge in [0.2, 0.25) is 5.88 Å². The zero-order valence-corrected chi connectivity index (χ0v) is 18.5. The van der Waals surface area contributed by atoms with Gasteiger partial charge >= 0.3 is 5.97 Å². The molecule has 0 atom stereocenters. The van der Waals surface area contributed by atoms with Crippen LogP contribution in [0, 0.1) is 17.0 Å². The third-order valence-electron chi connectivity index (χ3n) is 4.14. The number of halogens is 1. The number of aryl methyl sites for hydroxylation is 1. The second-order valence-corrected chi connectivity index (χ2v) is 9.04. The van der Waals surface area contributed by atoms with Crippen molar-refractivity contribution in [2.75, 3.05) is 0 Å². The van der Waals surface area contributed by atoms with Gasteiger partial charge in [0.25, 0.3) is 5.69 Å². The van der Waals surface area contributed by atoms with Crippen LogP contribution in [-0.2, 0) is 5.54 Å². The van der Waals surface area contributed by atoms with Crippen molar-refractivity contribution in [1.29, 1.82) is 0 Å². The van der Waals surface area contributed by atoms with Crippen LogP contribution in [0.25, 0.3) is 0 Å². The average Bonchev–Trinajstić information content (AvgIpc) is 2.99. The lowest BCUT2D eigenvalue weighted by molar-refractivity contribution is -0.385. The normalized spacial score (nSPS) is 11.4. The average molecular weight is 446 g/mol. The molecule has 0 aliphatic heterocycles. The Balaban J connectivity index is 2.05. The van der Waals surface area contributed by atoms with E-state index in [0.717, 1.165) is 4.90 Å². The maximum Gasteiger partial charge on any atom is 0.351 e. The summed E-state index contributed by atoms with van der Waals surface area (Å²) in [5.41, 5.74) is -0.241. The van der Waals surface area contributed by atoms with Gasteiger partial charge in [-0.05, 0) is 58.0 Å². The molecular formula is C21H20ClN3O4S. The predicted molar refractivity (Wildman–Crippen MR) is 116 cm³/mol. The second-order valence-electron chi connectivity index (χ2n) is 7.52. The highest BCUT2D eigenvalue weighted by Crippen LogP contribution is 2.40. The first-order valence-corrected chi connectivity index (χ1v) is 10.3. The standard InChI is InChI=1S/C21H20ClN3O4S/c1-13-18(30-15-11-9-14(22)10-12-15)19(24(23-13)21(2,3)4)29-20(26)16-7-5-6-8-17(16)25(27)28/h5-12H,1-4H3. The number of aromatic nitrogens is 2. The van der Waals surface area contributed by atoms with Gasteiger partial charge in [-0.1, -0.05) is 35.5 Å². The van der Waals surface area contributed by atoms with Crippen LogP contribution in [0.2, 0.25) is 5.02 Å². The Bertz CT molecular complexity index is 1100. The van der Waals surface area contributed by atoms with E-state index in [2.05, 4.69) is 5.10 Å². The first-order chi connectivity index (χ1) is 14.1. The molecule has 3 aromatic rings. The highest BCUT2D eigenvalue weighted by molar-refractivity contribution is 7.99. The number of nitrogens with zero attached hydrogens (tertiary/aromatic N) is 3. The fourth-order valence-corrected chi connectivity index (χ4v) is 3.76. The van der Waals surface area contributed by atoms with Crippen molar-refractivity contribution < 1.29 is 14.5 Å². The van der Waals surface area contributed by atoms with Crippen molar-refractivity contribution in [2.45, 2.75) is 43.0 Å². The molecule has 0 unspecified atom stereocenters. The summed E-state index contributed by atoms with van der Waals surface area (Å²) >= 11 is 7.35. The van der Waals surface area contributed by atoms with E-state index in [-0.39, 0.29) is 17.1 Å². The molecule has 0 saturated carbocycles. The minimum absolute atomic E-state index is 0.121. The molecule has 156 valence electrons. The third kappa shape index (κ3) is 4.66. The lowest BCUT2D eigenvalue weighted by Gasteiger charge is -2.22. The Morgan fingerprint density at radius 2 is 1.80 bits per heavy atom. The molecule has 0 fully saturated rings. The van der Waals surface area contributed by atoms with Crippen LogP contribution < -0.4 is 4.74 Å². The van der Waals surface area contributed by atoms with Crippen LogP contribution in [0.3, 0.4) is 0 Å². The van der Waals surface area contributed by atoms with E-state index in [1.165, 1.54) is 30.0 Å². The molecule has 3 rings (SSSR count). The summed E-state index contributed by atoms with van der Waals surface area (Å²) in [6.45, 7) is 7.61. The second kappa shape index (κ2) is 8.49. The number of esters is 1. The lowest BCUT2D eigenvalue weighted by Crippen LogP contribution is -2.25. The molecular weight excluding hydrogens is 426 g/mol. The van der Waals surface area contributed by atoms with Crippen molar-refractivity contribution in [3.05, 3.63) is 74.9 Å². The van der Waals surface area contributed by atoms with Crippen LogP contribution in [0.1, 0.15) is 36.8 Å². The zero-order chi connectivity index (χ0) is 22.1. The van der Waals surface area contributed by atoms with Crippen molar-refractivity contribution >= 4 is 35.0 Å². The number of nitro benzene ring substituents is 1. The van der Waals surface area contributed by atoms with Gasteiger partial charge < -0.3 is 4.74 Å². The van der Waals surface area contributed by atoms with Crippen LogP contribution in [0.15, 0.2) is 58.3 Å². The number of nitro groups is 1. The molecule has 0 spiro atoms. The molecule has 7 nitrogen and oxygen atoms in total. The number of hydrogen-bond acceptors (Lipinski definition) is 6. The summed E-state index contributed by atoms with van der Waals surface area (Å²) in [6.07, 6.45) is 0. The van der Waals surface area contributed by atoms with Gasteiger partial charge in [-0.3, -0.25) is 10.1 Å². The van der Waals surface area contributed by atoms with Crippen LogP contribution >= 0.6 is 23.4 Å². The topological polar surface area (TPSA) is 87.3 Å². The lowest BCUT2D eigenvalue weighted by atomic mass is 10.1. The molecule has 2 aromatic carbocycles. The van der Waals surface area contributed by atoms with E-state index in [9.17, 15) is 14.9 Å². The van der Waals surface area contributed by atoms with Gasteiger partial charge in [0.15, 0.2) is 0 Å². The smallest absolute Gasteiger partial charge is 0.351 e. The fourth-order valence-electron chi connectivity index (χ4n) is 2.72. The highest BCUT2D eigenvalue weighted by atomic mass is 35.5. The van der Waals surface area contributed by atoms with Gasteiger partial charge in [-0.25, -0.2) is 9.48 Å². The summed E-state index contributed by atoms with van der Waals surface area (Å²) in [6, 6.07) is 12.9. The van der Waals surface area contributed by atoms with Gasteiger partial charge in [0.05, 0.1) is 21.1 Å². The van der Waals surface area contributed by atoms with E-state index in [1.807, 2.05) is 39.8 Å². The van der Waals surface area contributed by atoms with E-state index < -0.39 is 16.4 Å². The SMILES string of the molecule is Cc1nn(C(C)(C)C)c(OC(=O)c2ccccc2[N+](=O)[O-])c1Sc1ccc(Cl)cc1. The molecule has 0 radical (unpaired) electrons. The minimum atomic E-state index is -0.814. The Labute approximate surface area is 183 Å². The molecule has 1 aromatic heterocycles. The molecule has 9 heteroatoms. The molecule has 0 amide bonds. The van der Waals surface area contributed by atoms with Gasteiger partial charge in [-0.15, -0.1) is 0 Å². The van der Waals surface area contributed by atoms with E-state index >= 15 is 0 Å². The molecule has 0 aliphatic carbocycles. The quantitative estimate of drug-likeness (QED) is 0.277. The van der Waals surface area contributed by atoms with Gasteiger partial charge in [-0.2, -0.15) is 5.10 Å². The van der Waals surface area contributed by atoms with Crippen LogP contribution in [0.5, 0.6) is 5.88 Å². The number of hydrogen-bond donors (Lipinski definition) is 0. The number of para-hydroxylation sites is 1. The van der Waals surface area contributed by atoms with Crippen molar-refractivity contribution in [3.63, 3.8) is 0 Å². The van der Waals surface area contributed by atoms with Crippen molar-refractivity contribution in [3.8, 4) is 5.88 Å². The van der Waals surface area contributed by atoms with Gasteiger partial charge in [0.1, 0.15) is 5.56 Å². The largest absolute Gasteiger partial charge is 0.403 e. The first kappa shape index (κ1) is 21.9. The number of carbonyl (C=O) groups excluding carboxylic acids is 1. The van der Waals surface area contributed by atoms with Crippen molar-refractivity contribution in [1.82, 2.24) is 9.78 Å². The summed E-state index contributed by atoms with van der Waals surface area (Å²) in [4.78, 5) is 25.1. The molecule has 0 bridgehead atoms. The van der Waals surface area contributed by atoms with Gasteiger partial charge in [0, 0.05) is 16.0 Å². The Kier molecular flexibility index (Phi) is 6.19. The Morgan fingerprint density at radius 3 is 2.40 bits per heavy atom. The predicted octanol–water partition coefficient (Wildman–Crippen LogP) is 5.88. The third-order valence-corrected chi connectivity index (χ3v) is 5.58. The molecule has 30 heavy (non-hydrogen) atoms. The molecule has 0 N–H and O–H groups in total. The summed E-state index contributed by atoms with van der Waals surface area (Å²) in [5, 5.41) is 16.5. The Hall–Kier alpha value is -2.84. The van der Waals surface area contributed by atoms with E-state index in [4.69, 9.17) is 16.3 Å². The van der Waals surface area contributed by atoms with Crippen molar-refractivity contribution in [2.24, 2.45) is 0 Å². The van der Waals surface area contributed by atoms with E-state index in [1.54, 1.807) is 22.9 Å². The van der Waals surface area contributed by atoms with Crippen LogP contribution in [-0.4, -0.2) is 20.7 Å². The number of ether oxygens (including phenoxy) is 1.